The van der Waals surface area contributed by atoms with Crippen LogP contribution >= 0.6 is 0 Å². The molecule has 1 aromatic rings. The molecule has 0 unspecified atom stereocenters. The first-order chi connectivity index (χ1) is 8.21. The monoisotopic (exact) mass is 233 g/mol. The second-order valence-electron chi connectivity index (χ2n) is 5.06. The molecule has 0 heterocycles. The van der Waals surface area contributed by atoms with E-state index >= 15 is 0 Å². The molecule has 94 valence electrons. The second kappa shape index (κ2) is 5.09. The molecule has 2 N–H and O–H groups in total. The average Bonchev–Trinajstić information content (AvgIpc) is 2.38. The molecule has 2 heteroatoms. The van der Waals surface area contributed by atoms with Crippen LogP contribution in [0.4, 0.5) is 0 Å². The lowest BCUT2D eigenvalue weighted by Gasteiger charge is -2.35. The summed E-state index contributed by atoms with van der Waals surface area (Å²) in [7, 11) is 1.74. The highest BCUT2D eigenvalue weighted by molar-refractivity contribution is 5.44. The molecule has 1 aliphatic carbocycles. The number of methoxy groups -OCH3 is 1. The maximum Gasteiger partial charge on any atom is 0.122 e. The molecule has 0 bridgehead atoms. The Morgan fingerprint density at radius 3 is 2.53 bits per heavy atom. The highest BCUT2D eigenvalue weighted by atomic mass is 16.5. The van der Waals surface area contributed by atoms with Gasteiger partial charge in [-0.3, -0.25) is 0 Å². The van der Waals surface area contributed by atoms with Gasteiger partial charge in [-0.05, 0) is 36.5 Å². The van der Waals surface area contributed by atoms with Crippen LogP contribution in [0, 0.1) is 0 Å². The maximum atomic E-state index is 6.62. The molecule has 1 saturated carbocycles. The zero-order chi connectivity index (χ0) is 12.3. The molecule has 0 atom stereocenters. The van der Waals surface area contributed by atoms with Crippen LogP contribution < -0.4 is 10.5 Å². The molecular formula is C15H23NO. The molecule has 2 rings (SSSR count). The highest BCUT2D eigenvalue weighted by Crippen LogP contribution is 2.38. The molecule has 0 spiro atoms. The SMILES string of the molecule is CCc1c(OC)cccc1C1(N)CCCCC1. The van der Waals surface area contributed by atoms with E-state index in [0.717, 1.165) is 25.0 Å². The molecule has 1 fully saturated rings. The van der Waals surface area contributed by atoms with Crippen molar-refractivity contribution in [3.05, 3.63) is 29.3 Å². The van der Waals surface area contributed by atoms with Crippen molar-refractivity contribution in [2.24, 2.45) is 5.73 Å². The molecule has 0 aromatic heterocycles. The van der Waals surface area contributed by atoms with Gasteiger partial charge in [0.1, 0.15) is 5.75 Å². The van der Waals surface area contributed by atoms with E-state index in [-0.39, 0.29) is 5.54 Å². The number of hydrogen-bond donors (Lipinski definition) is 1. The standard InChI is InChI=1S/C15H23NO/c1-3-12-13(8-7-9-14(12)17-2)15(16)10-5-4-6-11-15/h7-9H,3-6,10-11,16H2,1-2H3. The minimum atomic E-state index is -0.127. The van der Waals surface area contributed by atoms with E-state index in [0.29, 0.717) is 0 Å². The summed E-state index contributed by atoms with van der Waals surface area (Å²) in [6.07, 6.45) is 7.01. The van der Waals surface area contributed by atoms with Crippen molar-refractivity contribution in [2.45, 2.75) is 51.0 Å². The first kappa shape index (κ1) is 12.4. The Bertz CT molecular complexity index is 381. The largest absolute Gasteiger partial charge is 0.496 e. The smallest absolute Gasteiger partial charge is 0.122 e. The average molecular weight is 233 g/mol. The number of nitrogens with two attached hydrogens (primary N) is 1. The molecule has 1 aromatic carbocycles. The Balaban J connectivity index is 2.42. The van der Waals surface area contributed by atoms with Crippen LogP contribution in [-0.2, 0) is 12.0 Å². The molecule has 0 amide bonds. The predicted octanol–water partition coefficient (Wildman–Crippen LogP) is 3.38. The molecule has 0 radical (unpaired) electrons. The summed E-state index contributed by atoms with van der Waals surface area (Å²) >= 11 is 0. The lowest BCUT2D eigenvalue weighted by Crippen LogP contribution is -2.39. The Morgan fingerprint density at radius 1 is 1.24 bits per heavy atom. The van der Waals surface area contributed by atoms with Crippen LogP contribution in [0.2, 0.25) is 0 Å². The number of hydrogen-bond acceptors (Lipinski definition) is 2. The van der Waals surface area contributed by atoms with Crippen molar-refractivity contribution in [2.75, 3.05) is 7.11 Å². The third-order valence-electron chi connectivity index (χ3n) is 3.99. The van der Waals surface area contributed by atoms with Gasteiger partial charge in [-0.25, -0.2) is 0 Å². The lowest BCUT2D eigenvalue weighted by molar-refractivity contribution is 0.298. The third kappa shape index (κ3) is 2.32. The minimum Gasteiger partial charge on any atom is -0.496 e. The lowest BCUT2D eigenvalue weighted by atomic mass is 9.75. The fourth-order valence-corrected chi connectivity index (χ4v) is 3.04. The normalized spacial score (nSPS) is 19.0. The molecule has 2 nitrogen and oxygen atoms in total. The van der Waals surface area contributed by atoms with E-state index in [4.69, 9.17) is 10.5 Å². The third-order valence-corrected chi connectivity index (χ3v) is 3.99. The number of rotatable bonds is 3. The van der Waals surface area contributed by atoms with Gasteiger partial charge in [-0.15, -0.1) is 0 Å². The fourth-order valence-electron chi connectivity index (χ4n) is 3.04. The van der Waals surface area contributed by atoms with Crippen LogP contribution in [0.5, 0.6) is 5.75 Å². The van der Waals surface area contributed by atoms with Crippen LogP contribution in [0.3, 0.4) is 0 Å². The Kier molecular flexibility index (Phi) is 3.72. The van der Waals surface area contributed by atoms with Crippen molar-refractivity contribution < 1.29 is 4.74 Å². The van der Waals surface area contributed by atoms with Crippen LogP contribution in [0.25, 0.3) is 0 Å². The van der Waals surface area contributed by atoms with E-state index in [9.17, 15) is 0 Å². The Hall–Kier alpha value is -1.02. The van der Waals surface area contributed by atoms with E-state index < -0.39 is 0 Å². The molecule has 1 aliphatic rings. The Labute approximate surface area is 104 Å². The zero-order valence-corrected chi connectivity index (χ0v) is 11.0. The van der Waals surface area contributed by atoms with Crippen LogP contribution in [0.15, 0.2) is 18.2 Å². The first-order valence-corrected chi connectivity index (χ1v) is 6.66. The highest BCUT2D eigenvalue weighted by Gasteiger charge is 2.31. The van der Waals surface area contributed by atoms with Gasteiger partial charge in [0.2, 0.25) is 0 Å². The molecule has 0 aliphatic heterocycles. The van der Waals surface area contributed by atoms with Gasteiger partial charge in [-0.2, -0.15) is 0 Å². The number of benzene rings is 1. The second-order valence-corrected chi connectivity index (χ2v) is 5.06. The van der Waals surface area contributed by atoms with Gasteiger partial charge >= 0.3 is 0 Å². The summed E-state index contributed by atoms with van der Waals surface area (Å²) in [5, 5.41) is 0. The number of ether oxygens (including phenoxy) is 1. The van der Waals surface area contributed by atoms with Gasteiger partial charge in [-0.1, -0.05) is 38.3 Å². The quantitative estimate of drug-likeness (QED) is 0.868. The van der Waals surface area contributed by atoms with Crippen LogP contribution in [0.1, 0.15) is 50.2 Å². The minimum absolute atomic E-state index is 0.127. The van der Waals surface area contributed by atoms with Crippen molar-refractivity contribution >= 4 is 0 Å². The van der Waals surface area contributed by atoms with Gasteiger partial charge in [0.15, 0.2) is 0 Å². The predicted molar refractivity (Wildman–Crippen MR) is 71.3 cm³/mol. The summed E-state index contributed by atoms with van der Waals surface area (Å²) in [6.45, 7) is 2.17. The van der Waals surface area contributed by atoms with E-state index in [1.807, 2.05) is 6.07 Å². The molecule has 0 saturated heterocycles. The fraction of sp³-hybridized carbons (Fsp3) is 0.600. The summed E-state index contributed by atoms with van der Waals surface area (Å²) in [4.78, 5) is 0. The molecule has 17 heavy (non-hydrogen) atoms. The zero-order valence-electron chi connectivity index (χ0n) is 11.0. The van der Waals surface area contributed by atoms with Crippen LogP contribution in [-0.4, -0.2) is 7.11 Å². The maximum absolute atomic E-state index is 6.62. The van der Waals surface area contributed by atoms with Gasteiger partial charge in [0.05, 0.1) is 7.11 Å². The Morgan fingerprint density at radius 2 is 1.94 bits per heavy atom. The van der Waals surface area contributed by atoms with Gasteiger partial charge in [0.25, 0.3) is 0 Å². The van der Waals surface area contributed by atoms with Crippen molar-refractivity contribution in [1.29, 1.82) is 0 Å². The van der Waals surface area contributed by atoms with E-state index in [2.05, 4.69) is 19.1 Å². The van der Waals surface area contributed by atoms with Gasteiger partial charge < -0.3 is 10.5 Å². The van der Waals surface area contributed by atoms with E-state index in [1.165, 1.54) is 30.4 Å². The van der Waals surface area contributed by atoms with Crippen molar-refractivity contribution in [3.63, 3.8) is 0 Å². The first-order valence-electron chi connectivity index (χ1n) is 6.66. The summed E-state index contributed by atoms with van der Waals surface area (Å²) in [5.41, 5.74) is 9.09. The van der Waals surface area contributed by atoms with Crippen molar-refractivity contribution in [3.8, 4) is 5.75 Å². The van der Waals surface area contributed by atoms with Crippen molar-refractivity contribution in [1.82, 2.24) is 0 Å². The summed E-state index contributed by atoms with van der Waals surface area (Å²) < 4.78 is 5.46. The summed E-state index contributed by atoms with van der Waals surface area (Å²) in [6, 6.07) is 6.29. The van der Waals surface area contributed by atoms with E-state index in [1.54, 1.807) is 7.11 Å². The topological polar surface area (TPSA) is 35.2 Å². The summed E-state index contributed by atoms with van der Waals surface area (Å²) in [5.74, 6) is 0.986. The van der Waals surface area contributed by atoms with Gasteiger partial charge in [0, 0.05) is 5.54 Å². The molecular weight excluding hydrogens is 210 g/mol.